The van der Waals surface area contributed by atoms with Crippen molar-refractivity contribution in [1.82, 2.24) is 0 Å². The molecule has 0 atom stereocenters. The van der Waals surface area contributed by atoms with Gasteiger partial charge >= 0.3 is 5.84 Å². The van der Waals surface area contributed by atoms with Gasteiger partial charge in [-0.2, -0.15) is 0 Å². The van der Waals surface area contributed by atoms with Gasteiger partial charge in [-0.3, -0.25) is 5.73 Å². The average Bonchev–Trinajstić information content (AvgIpc) is 2.46. The van der Waals surface area contributed by atoms with E-state index in [-0.39, 0.29) is 5.84 Å². The summed E-state index contributed by atoms with van der Waals surface area (Å²) in [5.41, 5.74) is 7.22. The lowest BCUT2D eigenvalue weighted by Gasteiger charge is -2.04. The Morgan fingerprint density at radius 2 is 1.56 bits per heavy atom. The monoisotopic (exact) mass is 239 g/mol. The van der Waals surface area contributed by atoms with Gasteiger partial charge in [0.25, 0.3) is 0 Å². The first-order chi connectivity index (χ1) is 8.77. The zero-order chi connectivity index (χ0) is 12.8. The maximum absolute atomic E-state index is 11.7. The van der Waals surface area contributed by atoms with Crippen LogP contribution in [0.2, 0.25) is 0 Å². The molecule has 0 radical (unpaired) electrons. The molecule has 0 aliphatic heterocycles. The van der Waals surface area contributed by atoms with Gasteiger partial charge in [0.15, 0.2) is 0 Å². The smallest absolute Gasteiger partial charge is 0.304 e. The summed E-state index contributed by atoms with van der Waals surface area (Å²) in [7, 11) is 0. The molecule has 2 aromatic carbocycles. The number of nitrogens with zero attached hydrogens (tertiary/aromatic N) is 2. The van der Waals surface area contributed by atoms with E-state index in [1.54, 1.807) is 12.1 Å². The van der Waals surface area contributed by atoms with Crippen molar-refractivity contribution in [2.45, 2.75) is 0 Å². The topological polar surface area (TPSA) is 64.5 Å². The number of amidine groups is 1. The number of nitrogens with two attached hydrogens (primary N) is 1. The Morgan fingerprint density at radius 3 is 2.17 bits per heavy atom. The molecule has 0 bridgehead atoms. The summed E-state index contributed by atoms with van der Waals surface area (Å²) < 4.78 is 0. The predicted molar refractivity (Wildman–Crippen MR) is 72.4 cm³/mol. The second kappa shape index (κ2) is 5.63. The van der Waals surface area contributed by atoms with Gasteiger partial charge in [0.2, 0.25) is 0 Å². The van der Waals surface area contributed by atoms with E-state index in [9.17, 15) is 5.21 Å². The molecular formula is C14H13N3O. The van der Waals surface area contributed by atoms with Crippen LogP contribution in [-0.4, -0.2) is 16.9 Å². The molecule has 4 heteroatoms. The van der Waals surface area contributed by atoms with Crippen LogP contribution in [0.4, 0.5) is 0 Å². The molecule has 0 unspecified atom stereocenters. The van der Waals surface area contributed by atoms with Crippen molar-refractivity contribution in [3.63, 3.8) is 0 Å². The molecule has 0 aliphatic rings. The van der Waals surface area contributed by atoms with E-state index < -0.39 is 0 Å². The van der Waals surface area contributed by atoms with E-state index in [0.29, 0.717) is 10.4 Å². The van der Waals surface area contributed by atoms with Gasteiger partial charge in [0, 0.05) is 0 Å². The molecule has 2 rings (SSSR count). The Kier molecular flexibility index (Phi) is 3.71. The van der Waals surface area contributed by atoms with Crippen LogP contribution in [0, 0.1) is 5.21 Å². The number of rotatable bonds is 3. The number of hydrogen-bond acceptors (Lipinski definition) is 2. The van der Waals surface area contributed by atoms with E-state index in [2.05, 4.69) is 5.10 Å². The Labute approximate surface area is 105 Å². The third kappa shape index (κ3) is 2.95. The highest BCUT2D eigenvalue weighted by Gasteiger charge is 2.04. The molecule has 0 amide bonds. The van der Waals surface area contributed by atoms with Gasteiger partial charge in [-0.1, -0.05) is 53.6 Å². The van der Waals surface area contributed by atoms with E-state index in [0.717, 1.165) is 5.56 Å². The van der Waals surface area contributed by atoms with Crippen LogP contribution in [0.5, 0.6) is 0 Å². The second-order valence-corrected chi connectivity index (χ2v) is 3.68. The van der Waals surface area contributed by atoms with E-state index >= 15 is 0 Å². The maximum atomic E-state index is 11.7. The van der Waals surface area contributed by atoms with Gasteiger partial charge in [-0.15, -0.1) is 4.85 Å². The first kappa shape index (κ1) is 11.9. The van der Waals surface area contributed by atoms with Crippen LogP contribution in [0.3, 0.4) is 0 Å². The highest BCUT2D eigenvalue weighted by atomic mass is 16.5. The fourth-order valence-electron chi connectivity index (χ4n) is 1.44. The van der Waals surface area contributed by atoms with Crippen LogP contribution >= 0.6 is 0 Å². The van der Waals surface area contributed by atoms with Crippen molar-refractivity contribution in [3.8, 4) is 0 Å². The Morgan fingerprint density at radius 1 is 1.00 bits per heavy atom. The summed E-state index contributed by atoms with van der Waals surface area (Å²) in [6, 6.07) is 18.4. The van der Waals surface area contributed by atoms with Crippen molar-refractivity contribution in [1.29, 1.82) is 0 Å². The molecule has 0 heterocycles. The third-order valence-corrected chi connectivity index (χ3v) is 2.39. The minimum Gasteiger partial charge on any atom is -0.691 e. The average molecular weight is 239 g/mol. The third-order valence-electron chi connectivity index (χ3n) is 2.39. The molecule has 90 valence electrons. The van der Waals surface area contributed by atoms with Crippen molar-refractivity contribution in [2.24, 2.45) is 10.8 Å². The Hall–Kier alpha value is -2.62. The van der Waals surface area contributed by atoms with Crippen molar-refractivity contribution >= 4 is 12.1 Å². The molecule has 2 aromatic rings. The SMILES string of the molecule is N/C(c1ccccc1)=[N+](/[O-])N=Cc1ccccc1. The molecule has 0 aliphatic carbocycles. The predicted octanol–water partition coefficient (Wildman–Crippen LogP) is 1.94. The summed E-state index contributed by atoms with van der Waals surface area (Å²) in [5.74, 6) is 0.0720. The summed E-state index contributed by atoms with van der Waals surface area (Å²) in [6.07, 6.45) is 1.48. The molecule has 0 aromatic heterocycles. The number of hydrazone groups is 1. The van der Waals surface area contributed by atoms with Gasteiger partial charge in [0.1, 0.15) is 0 Å². The molecule has 18 heavy (non-hydrogen) atoms. The number of hydrogen-bond donors (Lipinski definition) is 1. The highest BCUT2D eigenvalue weighted by molar-refractivity contribution is 5.93. The van der Waals surface area contributed by atoms with Crippen LogP contribution < -0.4 is 5.73 Å². The molecule has 0 saturated heterocycles. The minimum atomic E-state index is 0.0720. The van der Waals surface area contributed by atoms with Crippen LogP contribution in [0.25, 0.3) is 0 Å². The summed E-state index contributed by atoms with van der Waals surface area (Å²) in [4.78, 5) is 0.419. The fourth-order valence-corrected chi connectivity index (χ4v) is 1.44. The van der Waals surface area contributed by atoms with Crippen LogP contribution in [-0.2, 0) is 0 Å². The Balaban J connectivity index is 2.21. The minimum absolute atomic E-state index is 0.0720. The van der Waals surface area contributed by atoms with Crippen molar-refractivity contribution in [2.75, 3.05) is 0 Å². The van der Waals surface area contributed by atoms with E-state index in [4.69, 9.17) is 5.73 Å². The van der Waals surface area contributed by atoms with Gasteiger partial charge in [0.05, 0.1) is 11.8 Å². The summed E-state index contributed by atoms with van der Waals surface area (Å²) in [6.45, 7) is 0. The zero-order valence-electron chi connectivity index (χ0n) is 9.73. The lowest BCUT2D eigenvalue weighted by Crippen LogP contribution is -2.22. The summed E-state index contributed by atoms with van der Waals surface area (Å²) >= 11 is 0. The zero-order valence-corrected chi connectivity index (χ0v) is 9.73. The maximum Gasteiger partial charge on any atom is 0.304 e. The standard InChI is InChI=1S/C14H13N3O/c15-14(13-9-5-2-6-10-13)17(18)16-11-12-7-3-1-4-8-12/h1-11H,15H2/b16-11?,17-14+. The van der Waals surface area contributed by atoms with Gasteiger partial charge < -0.3 is 5.21 Å². The molecule has 2 N–H and O–H groups in total. The second-order valence-electron chi connectivity index (χ2n) is 3.68. The lowest BCUT2D eigenvalue weighted by atomic mass is 10.2. The molecule has 0 spiro atoms. The highest BCUT2D eigenvalue weighted by Crippen LogP contribution is 1.98. The first-order valence-electron chi connectivity index (χ1n) is 5.51. The molecular weight excluding hydrogens is 226 g/mol. The number of benzene rings is 2. The summed E-state index contributed by atoms with van der Waals surface area (Å²) in [5, 5.41) is 15.4. The van der Waals surface area contributed by atoms with E-state index in [1.807, 2.05) is 48.5 Å². The fraction of sp³-hybridized carbons (Fsp3) is 0. The molecule has 0 fully saturated rings. The van der Waals surface area contributed by atoms with Gasteiger partial charge in [-0.25, -0.2) is 0 Å². The Bertz CT molecular complexity index is 562. The lowest BCUT2D eigenvalue weighted by molar-refractivity contribution is -0.462. The molecule has 0 saturated carbocycles. The normalized spacial score (nSPS) is 12.4. The van der Waals surface area contributed by atoms with Crippen molar-refractivity contribution in [3.05, 3.63) is 77.0 Å². The first-order valence-corrected chi connectivity index (χ1v) is 5.51. The largest absolute Gasteiger partial charge is 0.691 e. The molecule has 4 nitrogen and oxygen atoms in total. The van der Waals surface area contributed by atoms with Gasteiger partial charge in [-0.05, 0) is 17.7 Å². The van der Waals surface area contributed by atoms with Crippen molar-refractivity contribution < 1.29 is 4.85 Å². The van der Waals surface area contributed by atoms with Crippen LogP contribution in [0.1, 0.15) is 11.1 Å². The quantitative estimate of drug-likeness (QED) is 0.292. The van der Waals surface area contributed by atoms with Crippen LogP contribution in [0.15, 0.2) is 65.8 Å². The van der Waals surface area contributed by atoms with E-state index in [1.165, 1.54) is 6.21 Å².